The van der Waals surface area contributed by atoms with Crippen LogP contribution in [0.1, 0.15) is 25.0 Å². The van der Waals surface area contributed by atoms with E-state index in [0.29, 0.717) is 12.0 Å². The van der Waals surface area contributed by atoms with Gasteiger partial charge in [-0.2, -0.15) is 0 Å². The van der Waals surface area contributed by atoms with Crippen LogP contribution in [0.15, 0.2) is 64.6 Å². The Morgan fingerprint density at radius 1 is 0.960 bits per heavy atom. The van der Waals surface area contributed by atoms with Crippen LogP contribution in [0, 0.1) is 0 Å². The van der Waals surface area contributed by atoms with Crippen molar-refractivity contribution in [3.63, 3.8) is 0 Å². The summed E-state index contributed by atoms with van der Waals surface area (Å²) in [5.74, 6) is -1.03. The Hall–Kier alpha value is -2.40. The first-order chi connectivity index (χ1) is 12.0. The van der Waals surface area contributed by atoms with Gasteiger partial charge >= 0.3 is 11.9 Å². The van der Waals surface area contributed by atoms with Gasteiger partial charge in [-0.25, -0.2) is 0 Å². The van der Waals surface area contributed by atoms with Crippen molar-refractivity contribution in [3.05, 3.63) is 75.8 Å². The zero-order chi connectivity index (χ0) is 18.2. The molecule has 0 unspecified atom stereocenters. The summed E-state index contributed by atoms with van der Waals surface area (Å²) < 4.78 is 11.4. The molecule has 0 heterocycles. The maximum absolute atomic E-state index is 11.5. The van der Waals surface area contributed by atoms with Gasteiger partial charge in [0.05, 0.1) is 0 Å². The fourth-order valence-electron chi connectivity index (χ4n) is 2.30. The van der Waals surface area contributed by atoms with Crippen molar-refractivity contribution in [3.8, 4) is 0 Å². The summed E-state index contributed by atoms with van der Waals surface area (Å²) >= 11 is 3.50. The average molecular weight is 403 g/mol. The van der Waals surface area contributed by atoms with E-state index in [1.165, 1.54) is 13.8 Å². The number of hydrogen-bond acceptors (Lipinski definition) is 4. The van der Waals surface area contributed by atoms with E-state index in [0.717, 1.165) is 15.6 Å². The Kier molecular flexibility index (Phi) is 6.95. The van der Waals surface area contributed by atoms with Crippen molar-refractivity contribution < 1.29 is 19.1 Å². The van der Waals surface area contributed by atoms with Crippen LogP contribution in [0.25, 0.3) is 6.08 Å². The molecule has 0 fully saturated rings. The molecule has 0 radical (unpaired) electrons. The monoisotopic (exact) mass is 402 g/mol. The molecular weight excluding hydrogens is 384 g/mol. The molecule has 25 heavy (non-hydrogen) atoms. The highest BCUT2D eigenvalue weighted by atomic mass is 79.9. The SMILES string of the molecule is CC(=O)OC(OC(C)=O)C(=Cc1ccccc1Br)Cc1ccccc1. The zero-order valence-corrected chi connectivity index (χ0v) is 15.7. The number of hydrogen-bond donors (Lipinski definition) is 0. The maximum Gasteiger partial charge on any atom is 0.305 e. The smallest absolute Gasteiger partial charge is 0.305 e. The lowest BCUT2D eigenvalue weighted by molar-refractivity contribution is -0.178. The van der Waals surface area contributed by atoms with E-state index in [1.807, 2.05) is 60.7 Å². The van der Waals surface area contributed by atoms with Crippen LogP contribution < -0.4 is 0 Å². The number of rotatable bonds is 6. The van der Waals surface area contributed by atoms with E-state index >= 15 is 0 Å². The predicted molar refractivity (Wildman–Crippen MR) is 99.6 cm³/mol. The van der Waals surface area contributed by atoms with Gasteiger partial charge in [-0.15, -0.1) is 0 Å². The molecular formula is C20H19BrO4. The molecule has 0 atom stereocenters. The fraction of sp³-hybridized carbons (Fsp3) is 0.200. The Labute approximate surface area is 155 Å². The highest BCUT2D eigenvalue weighted by Crippen LogP contribution is 2.24. The molecule has 0 spiro atoms. The molecule has 0 aliphatic rings. The van der Waals surface area contributed by atoms with Gasteiger partial charge in [0.2, 0.25) is 0 Å². The summed E-state index contributed by atoms with van der Waals surface area (Å²) in [6.45, 7) is 2.57. The topological polar surface area (TPSA) is 52.6 Å². The average Bonchev–Trinajstić information content (AvgIpc) is 2.56. The molecule has 0 aromatic heterocycles. The Morgan fingerprint density at radius 3 is 2.08 bits per heavy atom. The van der Waals surface area contributed by atoms with Gasteiger partial charge in [-0.05, 0) is 23.3 Å². The first-order valence-electron chi connectivity index (χ1n) is 7.79. The molecule has 0 saturated carbocycles. The Morgan fingerprint density at radius 2 is 1.52 bits per heavy atom. The van der Waals surface area contributed by atoms with Crippen LogP contribution in [0.5, 0.6) is 0 Å². The number of ether oxygens (including phenoxy) is 2. The number of esters is 2. The fourth-order valence-corrected chi connectivity index (χ4v) is 2.70. The molecule has 0 aliphatic heterocycles. The Balaban J connectivity index is 2.43. The molecule has 5 heteroatoms. The molecule has 0 saturated heterocycles. The third kappa shape index (κ3) is 6.19. The van der Waals surface area contributed by atoms with E-state index in [-0.39, 0.29) is 0 Å². The van der Waals surface area contributed by atoms with Crippen LogP contribution in [0.3, 0.4) is 0 Å². The first kappa shape index (κ1) is 18.9. The second kappa shape index (κ2) is 9.18. The molecule has 0 amide bonds. The van der Waals surface area contributed by atoms with Crippen molar-refractivity contribution in [2.24, 2.45) is 0 Å². The summed E-state index contributed by atoms with van der Waals surface area (Å²) in [7, 11) is 0. The molecule has 130 valence electrons. The van der Waals surface area contributed by atoms with Crippen molar-refractivity contribution in [2.45, 2.75) is 26.6 Å². The van der Waals surface area contributed by atoms with Gasteiger partial charge < -0.3 is 9.47 Å². The third-order valence-electron chi connectivity index (χ3n) is 3.35. The van der Waals surface area contributed by atoms with Gasteiger partial charge in [0.1, 0.15) is 0 Å². The van der Waals surface area contributed by atoms with Gasteiger partial charge in [-0.3, -0.25) is 9.59 Å². The van der Waals surface area contributed by atoms with Gasteiger partial charge in [-0.1, -0.05) is 64.5 Å². The zero-order valence-electron chi connectivity index (χ0n) is 14.1. The minimum absolute atomic E-state index is 0.480. The minimum atomic E-state index is -1.07. The van der Waals surface area contributed by atoms with E-state index < -0.39 is 18.2 Å². The standard InChI is InChI=1S/C20H19BrO4/c1-14(22)24-20(25-15(2)23)18(12-16-8-4-3-5-9-16)13-17-10-6-7-11-19(17)21/h3-11,13,20H,12H2,1-2H3. The van der Waals surface area contributed by atoms with E-state index in [1.54, 1.807) is 0 Å². The summed E-state index contributed by atoms with van der Waals surface area (Å²) in [4.78, 5) is 22.9. The number of halogens is 1. The lowest BCUT2D eigenvalue weighted by Crippen LogP contribution is -2.25. The third-order valence-corrected chi connectivity index (χ3v) is 4.07. The van der Waals surface area contributed by atoms with Crippen LogP contribution in [-0.2, 0) is 25.5 Å². The first-order valence-corrected chi connectivity index (χ1v) is 8.58. The molecule has 2 rings (SSSR count). The second-order valence-electron chi connectivity index (χ2n) is 5.45. The summed E-state index contributed by atoms with van der Waals surface area (Å²) in [6.07, 6.45) is 1.28. The largest absolute Gasteiger partial charge is 0.421 e. The van der Waals surface area contributed by atoms with Crippen molar-refractivity contribution in [1.29, 1.82) is 0 Å². The van der Waals surface area contributed by atoms with Crippen LogP contribution in [0.4, 0.5) is 0 Å². The normalized spacial score (nSPS) is 11.3. The predicted octanol–water partition coefficient (Wildman–Crippen LogP) is 4.53. The molecule has 0 N–H and O–H groups in total. The second-order valence-corrected chi connectivity index (χ2v) is 6.31. The van der Waals surface area contributed by atoms with Crippen LogP contribution in [-0.4, -0.2) is 18.2 Å². The summed E-state index contributed by atoms with van der Waals surface area (Å²) in [5.41, 5.74) is 2.59. The van der Waals surface area contributed by atoms with E-state index in [2.05, 4.69) is 15.9 Å². The van der Waals surface area contributed by atoms with Crippen molar-refractivity contribution in [2.75, 3.05) is 0 Å². The van der Waals surface area contributed by atoms with Crippen LogP contribution in [0.2, 0.25) is 0 Å². The molecule has 2 aromatic carbocycles. The Bertz CT molecular complexity index is 752. The van der Waals surface area contributed by atoms with Gasteiger partial charge in [0, 0.05) is 30.3 Å². The van der Waals surface area contributed by atoms with Gasteiger partial charge in [0.25, 0.3) is 6.29 Å². The molecule has 0 bridgehead atoms. The maximum atomic E-state index is 11.5. The van der Waals surface area contributed by atoms with E-state index in [9.17, 15) is 9.59 Å². The lowest BCUT2D eigenvalue weighted by atomic mass is 10.0. The summed E-state index contributed by atoms with van der Waals surface area (Å²) in [5, 5.41) is 0. The molecule has 0 aliphatic carbocycles. The summed E-state index contributed by atoms with van der Waals surface area (Å²) in [6, 6.07) is 17.4. The number of benzene rings is 2. The van der Waals surface area contributed by atoms with Crippen molar-refractivity contribution in [1.82, 2.24) is 0 Å². The highest BCUT2D eigenvalue weighted by Gasteiger charge is 2.21. The number of carbonyl (C=O) groups is 2. The molecule has 4 nitrogen and oxygen atoms in total. The van der Waals surface area contributed by atoms with E-state index in [4.69, 9.17) is 9.47 Å². The molecule has 2 aromatic rings. The van der Waals surface area contributed by atoms with Gasteiger partial charge in [0.15, 0.2) is 0 Å². The lowest BCUT2D eigenvalue weighted by Gasteiger charge is -2.20. The van der Waals surface area contributed by atoms with Crippen molar-refractivity contribution >= 4 is 33.9 Å². The van der Waals surface area contributed by atoms with Crippen LogP contribution >= 0.6 is 15.9 Å². The highest BCUT2D eigenvalue weighted by molar-refractivity contribution is 9.10. The quantitative estimate of drug-likeness (QED) is 0.526. The number of carbonyl (C=O) groups excluding carboxylic acids is 2. The minimum Gasteiger partial charge on any atom is -0.421 e.